The molecule has 0 atom stereocenters. The minimum absolute atomic E-state index is 0.127. The number of hydrogen-bond donors (Lipinski definition) is 1. The van der Waals surface area contributed by atoms with E-state index in [0.29, 0.717) is 10.7 Å². The zero-order chi connectivity index (χ0) is 12.3. The number of nitrogens with one attached hydrogen (secondary N) is 1. The maximum Gasteiger partial charge on any atom is 0.261 e. The van der Waals surface area contributed by atoms with E-state index in [1.54, 1.807) is 18.7 Å². The van der Waals surface area contributed by atoms with E-state index < -0.39 is 0 Å². The Morgan fingerprint density at radius 2 is 2.12 bits per heavy atom. The van der Waals surface area contributed by atoms with Crippen molar-refractivity contribution in [2.24, 2.45) is 0 Å². The molecule has 1 heterocycles. The molecule has 88 valence electrons. The largest absolute Gasteiger partial charge is 0.462 e. The fourth-order valence-electron chi connectivity index (χ4n) is 1.58. The smallest absolute Gasteiger partial charge is 0.261 e. The highest BCUT2D eigenvalue weighted by Crippen LogP contribution is 2.34. The Hall–Kier alpha value is -1.68. The van der Waals surface area contributed by atoms with Gasteiger partial charge >= 0.3 is 0 Å². The van der Waals surface area contributed by atoms with E-state index in [1.807, 2.05) is 31.2 Å². The molecule has 3 nitrogen and oxygen atoms in total. The molecule has 17 heavy (non-hydrogen) atoms. The Bertz CT molecular complexity index is 506. The van der Waals surface area contributed by atoms with Crippen LogP contribution in [0.25, 0.3) is 5.76 Å². The van der Waals surface area contributed by atoms with Gasteiger partial charge in [0.2, 0.25) is 0 Å². The van der Waals surface area contributed by atoms with E-state index in [0.717, 1.165) is 11.1 Å². The average Bonchev–Trinajstić information content (AvgIpc) is 2.38. The second-order valence-electron chi connectivity index (χ2n) is 3.56. The fourth-order valence-corrected chi connectivity index (χ4v) is 2.30. The molecule has 4 heteroatoms. The number of thioether (sulfide) groups is 1. The molecule has 0 unspecified atom stereocenters. The molecule has 1 aromatic carbocycles. The first-order valence-corrected chi connectivity index (χ1v) is 6.12. The minimum atomic E-state index is -0.127. The summed E-state index contributed by atoms with van der Waals surface area (Å²) in [4.78, 5) is 12.3. The molecule has 0 saturated heterocycles. The third-order valence-electron chi connectivity index (χ3n) is 2.46. The maximum absolute atomic E-state index is 11.8. The van der Waals surface area contributed by atoms with E-state index in [2.05, 4.69) is 5.32 Å². The maximum atomic E-state index is 11.8. The summed E-state index contributed by atoms with van der Waals surface area (Å²) in [7, 11) is 1.61. The standard InChI is InChI=1S/C13H13NO2S/c1-9-5-3-4-6-10(9)11-12(13(15)14-2)17-8-7-16-11/h3-8H,1-2H3,(H,14,15). The normalized spacial score (nSPS) is 14.5. The van der Waals surface area contributed by atoms with Gasteiger partial charge in [-0.2, -0.15) is 0 Å². The van der Waals surface area contributed by atoms with Gasteiger partial charge in [0.25, 0.3) is 5.91 Å². The number of ether oxygens (including phenoxy) is 1. The quantitative estimate of drug-likeness (QED) is 0.873. The Balaban J connectivity index is 2.50. The van der Waals surface area contributed by atoms with Crippen molar-refractivity contribution in [2.45, 2.75) is 6.92 Å². The first-order chi connectivity index (χ1) is 8.24. The lowest BCUT2D eigenvalue weighted by atomic mass is 10.1. The first-order valence-electron chi connectivity index (χ1n) is 5.24. The Morgan fingerprint density at radius 3 is 2.82 bits per heavy atom. The molecule has 0 radical (unpaired) electrons. The van der Waals surface area contributed by atoms with E-state index in [4.69, 9.17) is 4.74 Å². The number of carbonyl (C=O) groups is 1. The van der Waals surface area contributed by atoms with Crippen molar-refractivity contribution in [3.63, 3.8) is 0 Å². The second-order valence-corrected chi connectivity index (χ2v) is 4.48. The lowest BCUT2D eigenvalue weighted by Gasteiger charge is -2.16. The van der Waals surface area contributed by atoms with Crippen LogP contribution in [0, 0.1) is 6.92 Å². The Labute approximate surface area is 105 Å². The van der Waals surface area contributed by atoms with Gasteiger partial charge in [0, 0.05) is 18.0 Å². The number of hydrogen-bond acceptors (Lipinski definition) is 3. The van der Waals surface area contributed by atoms with E-state index >= 15 is 0 Å². The number of aryl methyl sites for hydroxylation is 1. The molecular formula is C13H13NO2S. The summed E-state index contributed by atoms with van der Waals surface area (Å²) >= 11 is 1.37. The first kappa shape index (κ1) is 11.8. The Morgan fingerprint density at radius 1 is 1.35 bits per heavy atom. The summed E-state index contributed by atoms with van der Waals surface area (Å²) in [6, 6.07) is 7.84. The molecule has 1 aliphatic heterocycles. The van der Waals surface area contributed by atoms with Crippen molar-refractivity contribution in [3.8, 4) is 0 Å². The summed E-state index contributed by atoms with van der Waals surface area (Å²) in [5.74, 6) is 0.493. The SMILES string of the molecule is CNC(=O)C1=C(c2ccccc2C)OC=CS1. The van der Waals surface area contributed by atoms with Crippen molar-refractivity contribution in [2.75, 3.05) is 7.05 Å². The molecule has 0 bridgehead atoms. The second kappa shape index (κ2) is 5.10. The van der Waals surface area contributed by atoms with Gasteiger partial charge < -0.3 is 10.1 Å². The third-order valence-corrected chi connectivity index (χ3v) is 3.31. The van der Waals surface area contributed by atoms with Crippen LogP contribution in [0.15, 0.2) is 40.8 Å². The van der Waals surface area contributed by atoms with Gasteiger partial charge in [-0.15, -0.1) is 0 Å². The molecule has 0 aliphatic carbocycles. The lowest BCUT2D eigenvalue weighted by Crippen LogP contribution is -2.20. The van der Waals surface area contributed by atoms with Crippen molar-refractivity contribution in [1.82, 2.24) is 5.32 Å². The fraction of sp³-hybridized carbons (Fsp3) is 0.154. The number of likely N-dealkylation sites (N-methyl/N-ethyl adjacent to an activating group) is 1. The van der Waals surface area contributed by atoms with Crippen LogP contribution in [0.5, 0.6) is 0 Å². The number of amides is 1. The number of carbonyl (C=O) groups excluding carboxylic acids is 1. The van der Waals surface area contributed by atoms with Crippen LogP contribution in [0.4, 0.5) is 0 Å². The lowest BCUT2D eigenvalue weighted by molar-refractivity contribution is -0.116. The number of rotatable bonds is 2. The van der Waals surface area contributed by atoms with Crippen molar-refractivity contribution < 1.29 is 9.53 Å². The van der Waals surface area contributed by atoms with Gasteiger partial charge in [-0.05, 0) is 12.5 Å². The van der Waals surface area contributed by atoms with Gasteiger partial charge in [-0.25, -0.2) is 0 Å². The minimum Gasteiger partial charge on any atom is -0.462 e. The molecular weight excluding hydrogens is 234 g/mol. The van der Waals surface area contributed by atoms with Gasteiger partial charge in [-0.1, -0.05) is 36.0 Å². The highest BCUT2D eigenvalue weighted by atomic mass is 32.2. The molecule has 1 aliphatic rings. The molecule has 1 N–H and O–H groups in total. The molecule has 2 rings (SSSR count). The van der Waals surface area contributed by atoms with Crippen LogP contribution in [-0.4, -0.2) is 13.0 Å². The summed E-state index contributed by atoms with van der Waals surface area (Å²) in [5, 5.41) is 4.38. The van der Waals surface area contributed by atoms with E-state index in [1.165, 1.54) is 11.8 Å². The Kier molecular flexibility index (Phi) is 3.54. The average molecular weight is 247 g/mol. The zero-order valence-corrected chi connectivity index (χ0v) is 10.5. The third kappa shape index (κ3) is 2.36. The van der Waals surface area contributed by atoms with Crippen molar-refractivity contribution >= 4 is 23.4 Å². The summed E-state index contributed by atoms with van der Waals surface area (Å²) in [5.41, 5.74) is 2.03. The van der Waals surface area contributed by atoms with E-state index in [9.17, 15) is 4.79 Å². The zero-order valence-electron chi connectivity index (χ0n) is 9.69. The topological polar surface area (TPSA) is 38.3 Å². The molecule has 0 saturated carbocycles. The predicted molar refractivity (Wildman–Crippen MR) is 70.0 cm³/mol. The van der Waals surface area contributed by atoms with Gasteiger partial charge in [-0.3, -0.25) is 4.79 Å². The van der Waals surface area contributed by atoms with Crippen LogP contribution >= 0.6 is 11.8 Å². The molecule has 0 fully saturated rings. The summed E-state index contributed by atoms with van der Waals surface area (Å²) in [6.45, 7) is 2.00. The van der Waals surface area contributed by atoms with E-state index in [-0.39, 0.29) is 5.91 Å². The summed E-state index contributed by atoms with van der Waals surface area (Å²) < 4.78 is 5.50. The monoisotopic (exact) mass is 247 g/mol. The summed E-state index contributed by atoms with van der Waals surface area (Å²) in [6.07, 6.45) is 1.60. The molecule has 1 amide bonds. The number of benzene rings is 1. The van der Waals surface area contributed by atoms with Crippen LogP contribution in [0.2, 0.25) is 0 Å². The molecule has 0 aromatic heterocycles. The molecule has 1 aromatic rings. The molecule has 0 spiro atoms. The van der Waals surface area contributed by atoms with Crippen LogP contribution in [0.3, 0.4) is 0 Å². The highest BCUT2D eigenvalue weighted by molar-refractivity contribution is 8.06. The predicted octanol–water partition coefficient (Wildman–Crippen LogP) is 2.64. The van der Waals surface area contributed by atoms with Crippen LogP contribution in [0.1, 0.15) is 11.1 Å². The van der Waals surface area contributed by atoms with Gasteiger partial charge in [0.15, 0.2) is 5.76 Å². The van der Waals surface area contributed by atoms with Gasteiger partial charge in [0.1, 0.15) is 4.91 Å². The highest BCUT2D eigenvalue weighted by Gasteiger charge is 2.20. The van der Waals surface area contributed by atoms with Crippen molar-refractivity contribution in [3.05, 3.63) is 52.0 Å². The van der Waals surface area contributed by atoms with Crippen molar-refractivity contribution in [1.29, 1.82) is 0 Å². The van der Waals surface area contributed by atoms with Crippen LogP contribution < -0.4 is 5.32 Å². The van der Waals surface area contributed by atoms with Crippen LogP contribution in [-0.2, 0) is 9.53 Å². The van der Waals surface area contributed by atoms with Gasteiger partial charge in [0.05, 0.1) is 6.26 Å².